The van der Waals surface area contributed by atoms with E-state index in [0.29, 0.717) is 17.9 Å². The number of carbonyl (C=O) groups excluding carboxylic acids is 1. The number of methoxy groups -OCH3 is 1. The summed E-state index contributed by atoms with van der Waals surface area (Å²) in [5.41, 5.74) is 3.82. The van der Waals surface area contributed by atoms with Crippen molar-refractivity contribution in [3.05, 3.63) is 103 Å². The molecular weight excluding hydrogens is 390 g/mol. The van der Waals surface area contributed by atoms with Crippen LogP contribution >= 0.6 is 0 Å². The summed E-state index contributed by atoms with van der Waals surface area (Å²) in [6.07, 6.45) is 11.6. The van der Waals surface area contributed by atoms with Crippen LogP contribution in [-0.4, -0.2) is 29.2 Å². The predicted molar refractivity (Wildman–Crippen MR) is 121 cm³/mol. The minimum absolute atomic E-state index is 0.0971. The largest absolute Gasteiger partial charge is 0.494 e. The third-order valence-electron chi connectivity index (χ3n) is 4.80. The van der Waals surface area contributed by atoms with E-state index in [2.05, 4.69) is 22.4 Å². The van der Waals surface area contributed by atoms with Crippen LogP contribution in [0.5, 0.6) is 0 Å². The van der Waals surface area contributed by atoms with E-state index in [1.165, 1.54) is 0 Å². The molecule has 1 aliphatic carbocycles. The molecule has 2 aromatic carbocycles. The monoisotopic (exact) mass is 413 g/mol. The summed E-state index contributed by atoms with van der Waals surface area (Å²) in [4.78, 5) is 16.4. The molecule has 1 amide bonds. The van der Waals surface area contributed by atoms with Crippen LogP contribution in [0.15, 0.2) is 103 Å². The van der Waals surface area contributed by atoms with Gasteiger partial charge < -0.3 is 19.4 Å². The predicted octanol–water partition coefficient (Wildman–Crippen LogP) is 4.86. The first-order chi connectivity index (χ1) is 15.2. The molecule has 0 saturated carbocycles. The zero-order valence-corrected chi connectivity index (χ0v) is 17.2. The molecule has 1 heterocycles. The highest BCUT2D eigenvalue weighted by Gasteiger charge is 2.13. The van der Waals surface area contributed by atoms with Crippen molar-refractivity contribution >= 4 is 17.3 Å². The summed E-state index contributed by atoms with van der Waals surface area (Å²) in [7, 11) is 1.60. The molecule has 1 N–H and O–H groups in total. The topological polar surface area (TPSA) is 65.4 Å². The molecule has 31 heavy (non-hydrogen) atoms. The average molecular weight is 413 g/mol. The van der Waals surface area contributed by atoms with Gasteiger partial charge in [0.05, 0.1) is 19.1 Å². The van der Waals surface area contributed by atoms with Crippen LogP contribution in [0.25, 0.3) is 16.8 Å². The molecule has 0 atom stereocenters. The number of carbonyl (C=O) groups is 1. The van der Waals surface area contributed by atoms with E-state index in [0.717, 1.165) is 22.5 Å². The highest BCUT2D eigenvalue weighted by Crippen LogP contribution is 2.24. The van der Waals surface area contributed by atoms with Crippen molar-refractivity contribution < 1.29 is 14.3 Å². The fourth-order valence-corrected chi connectivity index (χ4v) is 3.27. The fraction of sp³-hybridized carbons (Fsp3) is 0.120. The van der Waals surface area contributed by atoms with Crippen molar-refractivity contribution in [1.82, 2.24) is 9.55 Å². The van der Waals surface area contributed by atoms with Crippen LogP contribution in [0, 0.1) is 0 Å². The van der Waals surface area contributed by atoms with E-state index >= 15 is 0 Å². The number of amides is 1. The quantitative estimate of drug-likeness (QED) is 0.601. The standard InChI is InChI=1S/C25H23N3O3/c1-30-24-16-22(8-5-9-23(24)28-15-14-26-18-28)31-17-25(29)27-21-12-10-20(11-13-21)19-6-3-2-4-7-19/h2-4,6-16,18H,5,17H2,1H3,(H,27,29). The van der Waals surface area contributed by atoms with E-state index < -0.39 is 0 Å². The maximum atomic E-state index is 12.4. The van der Waals surface area contributed by atoms with Gasteiger partial charge in [-0.1, -0.05) is 48.5 Å². The highest BCUT2D eigenvalue weighted by molar-refractivity contribution is 5.92. The van der Waals surface area contributed by atoms with Crippen LogP contribution in [0.4, 0.5) is 5.69 Å². The number of benzene rings is 2. The van der Waals surface area contributed by atoms with Crippen molar-refractivity contribution in [3.8, 4) is 11.1 Å². The van der Waals surface area contributed by atoms with Crippen LogP contribution in [-0.2, 0) is 14.3 Å². The lowest BCUT2D eigenvalue weighted by Gasteiger charge is -2.12. The Morgan fingerprint density at radius 2 is 1.84 bits per heavy atom. The SMILES string of the molecule is COC1=CC(OCC(=O)Nc2ccc(-c3ccccc3)cc2)=CCC=C1n1ccnc1. The maximum Gasteiger partial charge on any atom is 0.262 e. The lowest BCUT2D eigenvalue weighted by molar-refractivity contribution is -0.119. The van der Waals surface area contributed by atoms with Crippen LogP contribution in [0.1, 0.15) is 6.42 Å². The lowest BCUT2D eigenvalue weighted by atomic mass is 10.1. The number of nitrogens with one attached hydrogen (secondary N) is 1. The van der Waals surface area contributed by atoms with Crippen molar-refractivity contribution in [2.24, 2.45) is 0 Å². The van der Waals surface area contributed by atoms with Crippen molar-refractivity contribution in [2.45, 2.75) is 6.42 Å². The van der Waals surface area contributed by atoms with E-state index in [1.54, 1.807) is 25.7 Å². The van der Waals surface area contributed by atoms with Gasteiger partial charge >= 0.3 is 0 Å². The van der Waals surface area contributed by atoms with Gasteiger partial charge in [-0.15, -0.1) is 0 Å². The Hall–Kier alpha value is -4.06. The molecule has 6 heteroatoms. The van der Waals surface area contributed by atoms with Gasteiger partial charge in [0.15, 0.2) is 6.61 Å². The van der Waals surface area contributed by atoms with Crippen molar-refractivity contribution in [2.75, 3.05) is 19.0 Å². The van der Waals surface area contributed by atoms with Gasteiger partial charge in [0.2, 0.25) is 0 Å². The Bertz CT molecular complexity index is 1110. The number of hydrogen-bond donors (Lipinski definition) is 1. The first-order valence-corrected chi connectivity index (χ1v) is 9.96. The second kappa shape index (κ2) is 9.63. The number of allylic oxidation sites excluding steroid dienone is 4. The summed E-state index contributed by atoms with van der Waals surface area (Å²) in [6.45, 7) is -0.0971. The third kappa shape index (κ3) is 5.11. The molecule has 3 aromatic rings. The van der Waals surface area contributed by atoms with Crippen molar-refractivity contribution in [3.63, 3.8) is 0 Å². The molecule has 4 rings (SSSR count). The normalized spacial score (nSPS) is 13.4. The Morgan fingerprint density at radius 1 is 1.06 bits per heavy atom. The average Bonchev–Trinajstić information content (AvgIpc) is 3.26. The van der Waals surface area contributed by atoms with Crippen LogP contribution in [0.2, 0.25) is 0 Å². The molecule has 0 aliphatic heterocycles. The number of ether oxygens (including phenoxy) is 2. The Morgan fingerprint density at radius 3 is 2.55 bits per heavy atom. The number of anilines is 1. The Labute approximate surface area is 181 Å². The smallest absolute Gasteiger partial charge is 0.262 e. The molecular formula is C25H23N3O3. The molecule has 0 spiro atoms. The number of hydrogen-bond acceptors (Lipinski definition) is 4. The zero-order valence-electron chi connectivity index (χ0n) is 17.2. The van der Waals surface area contributed by atoms with Gasteiger partial charge in [0.1, 0.15) is 11.5 Å². The second-order valence-corrected chi connectivity index (χ2v) is 6.89. The van der Waals surface area contributed by atoms with Gasteiger partial charge in [-0.2, -0.15) is 0 Å². The molecule has 1 aliphatic rings. The Kier molecular flexibility index (Phi) is 6.28. The summed E-state index contributed by atoms with van der Waals surface area (Å²) >= 11 is 0. The Balaban J connectivity index is 1.34. The molecule has 156 valence electrons. The maximum absolute atomic E-state index is 12.4. The zero-order chi connectivity index (χ0) is 21.5. The summed E-state index contributed by atoms with van der Waals surface area (Å²) in [6, 6.07) is 17.8. The number of rotatable bonds is 7. The minimum Gasteiger partial charge on any atom is -0.494 e. The molecule has 0 saturated heterocycles. The second-order valence-electron chi connectivity index (χ2n) is 6.89. The molecule has 0 fully saturated rings. The number of imidazole rings is 1. The number of aromatic nitrogens is 2. The molecule has 0 unspecified atom stereocenters. The molecule has 6 nitrogen and oxygen atoms in total. The summed E-state index contributed by atoms with van der Waals surface area (Å²) in [5.74, 6) is 0.990. The van der Waals surface area contributed by atoms with Gasteiger partial charge in [0.25, 0.3) is 5.91 Å². The highest BCUT2D eigenvalue weighted by atomic mass is 16.5. The summed E-state index contributed by atoms with van der Waals surface area (Å²) in [5, 5.41) is 2.86. The van der Waals surface area contributed by atoms with E-state index in [9.17, 15) is 4.79 Å². The third-order valence-corrected chi connectivity index (χ3v) is 4.80. The number of nitrogens with zero attached hydrogens (tertiary/aromatic N) is 2. The van der Waals surface area contributed by atoms with Crippen LogP contribution < -0.4 is 5.32 Å². The summed E-state index contributed by atoms with van der Waals surface area (Å²) < 4.78 is 13.1. The van der Waals surface area contributed by atoms with Gasteiger partial charge in [-0.3, -0.25) is 4.79 Å². The lowest BCUT2D eigenvalue weighted by Crippen LogP contribution is -2.18. The van der Waals surface area contributed by atoms with Gasteiger partial charge in [-0.25, -0.2) is 4.98 Å². The molecule has 1 aromatic heterocycles. The first-order valence-electron chi connectivity index (χ1n) is 9.96. The fourth-order valence-electron chi connectivity index (χ4n) is 3.27. The van der Waals surface area contributed by atoms with Gasteiger partial charge in [0, 0.05) is 24.2 Å². The van der Waals surface area contributed by atoms with E-state index in [1.807, 2.05) is 65.4 Å². The minimum atomic E-state index is -0.229. The van der Waals surface area contributed by atoms with E-state index in [4.69, 9.17) is 9.47 Å². The first kappa shape index (κ1) is 20.2. The van der Waals surface area contributed by atoms with Crippen LogP contribution in [0.3, 0.4) is 0 Å². The molecule has 0 bridgehead atoms. The van der Waals surface area contributed by atoms with E-state index in [-0.39, 0.29) is 12.5 Å². The molecule has 0 radical (unpaired) electrons. The van der Waals surface area contributed by atoms with Gasteiger partial charge in [-0.05, 0) is 35.8 Å². The van der Waals surface area contributed by atoms with Crippen molar-refractivity contribution in [1.29, 1.82) is 0 Å².